The fraction of sp³-hybridized carbons (Fsp3) is 0.625. The summed E-state index contributed by atoms with van der Waals surface area (Å²) < 4.78 is 5.69. The fourth-order valence-corrected chi connectivity index (χ4v) is 2.72. The third-order valence-corrected chi connectivity index (χ3v) is 3.38. The van der Waals surface area contributed by atoms with Crippen LogP contribution >= 0.6 is 0 Å². The molecule has 0 aromatic heterocycles. The van der Waals surface area contributed by atoms with Crippen LogP contribution in [0, 0.1) is 11.3 Å². The largest absolute Gasteiger partial charge is 0.492 e. The highest BCUT2D eigenvalue weighted by molar-refractivity contribution is 5.76. The van der Waals surface area contributed by atoms with E-state index in [4.69, 9.17) is 4.74 Å². The van der Waals surface area contributed by atoms with Crippen LogP contribution in [-0.2, 0) is 0 Å². The molecule has 0 saturated carbocycles. The number of hydrogen-bond acceptors (Lipinski definition) is 3. The van der Waals surface area contributed by atoms with Crippen molar-refractivity contribution in [2.45, 2.75) is 34.1 Å². The van der Waals surface area contributed by atoms with E-state index in [9.17, 15) is 0 Å². The number of nitrogens with one attached hydrogen (secondary N) is 2. The summed E-state index contributed by atoms with van der Waals surface area (Å²) in [5, 5.41) is 7.12. The average Bonchev–Trinajstić information content (AvgIpc) is 2.51. The molecule has 1 aliphatic heterocycles. The van der Waals surface area contributed by atoms with Gasteiger partial charge in [0.15, 0.2) is 0 Å². The van der Waals surface area contributed by atoms with Gasteiger partial charge in [-0.1, -0.05) is 26.8 Å². The summed E-state index contributed by atoms with van der Waals surface area (Å²) >= 11 is 0. The molecule has 1 heterocycles. The number of anilines is 2. The van der Waals surface area contributed by atoms with Crippen molar-refractivity contribution in [3.63, 3.8) is 0 Å². The van der Waals surface area contributed by atoms with Gasteiger partial charge in [0.2, 0.25) is 0 Å². The van der Waals surface area contributed by atoms with Gasteiger partial charge < -0.3 is 15.4 Å². The van der Waals surface area contributed by atoms with E-state index in [1.807, 2.05) is 19.1 Å². The molecule has 2 N–H and O–H groups in total. The highest BCUT2D eigenvalue weighted by atomic mass is 16.5. The van der Waals surface area contributed by atoms with E-state index in [0.29, 0.717) is 17.9 Å². The van der Waals surface area contributed by atoms with Crippen LogP contribution in [0.25, 0.3) is 0 Å². The number of rotatable bonds is 3. The van der Waals surface area contributed by atoms with Gasteiger partial charge in [-0.3, -0.25) is 0 Å². The van der Waals surface area contributed by atoms with Crippen LogP contribution in [0.15, 0.2) is 18.2 Å². The minimum Gasteiger partial charge on any atom is -0.492 e. The molecule has 0 radical (unpaired) electrons. The minimum absolute atomic E-state index is 0.368. The van der Waals surface area contributed by atoms with Crippen molar-refractivity contribution in [3.05, 3.63) is 18.2 Å². The van der Waals surface area contributed by atoms with Gasteiger partial charge in [0.05, 0.1) is 12.3 Å². The molecule has 3 heteroatoms. The van der Waals surface area contributed by atoms with Gasteiger partial charge in [-0.2, -0.15) is 0 Å². The maximum absolute atomic E-state index is 5.69. The van der Waals surface area contributed by atoms with Gasteiger partial charge in [0.25, 0.3) is 0 Å². The molecule has 0 amide bonds. The van der Waals surface area contributed by atoms with Crippen molar-refractivity contribution in [2.24, 2.45) is 11.3 Å². The van der Waals surface area contributed by atoms with Gasteiger partial charge in [-0.15, -0.1) is 0 Å². The standard InChI is InChI=1S/C16H26N2O/c1-5-19-14-8-6-7-13-15(14)18-11-12(10-17-13)9-16(2,3)4/h6-8,12,17-18H,5,9-11H2,1-4H3. The molecule has 3 nitrogen and oxygen atoms in total. The fourth-order valence-electron chi connectivity index (χ4n) is 2.72. The molecule has 0 bridgehead atoms. The summed E-state index contributed by atoms with van der Waals surface area (Å²) in [6.07, 6.45) is 1.21. The summed E-state index contributed by atoms with van der Waals surface area (Å²) in [5.74, 6) is 1.59. The quantitative estimate of drug-likeness (QED) is 0.864. The summed E-state index contributed by atoms with van der Waals surface area (Å²) in [6.45, 7) is 11.6. The number of ether oxygens (including phenoxy) is 1. The zero-order chi connectivity index (χ0) is 13.9. The maximum atomic E-state index is 5.69. The Labute approximate surface area is 116 Å². The molecule has 1 aromatic carbocycles. The molecular weight excluding hydrogens is 236 g/mol. The molecule has 0 fully saturated rings. The van der Waals surface area contributed by atoms with Gasteiger partial charge in [-0.25, -0.2) is 0 Å². The van der Waals surface area contributed by atoms with Gasteiger partial charge in [-0.05, 0) is 36.8 Å². The van der Waals surface area contributed by atoms with Crippen molar-refractivity contribution in [2.75, 3.05) is 30.3 Å². The number of hydrogen-bond donors (Lipinski definition) is 2. The first kappa shape index (κ1) is 14.0. The topological polar surface area (TPSA) is 33.3 Å². The smallest absolute Gasteiger partial charge is 0.144 e. The lowest BCUT2D eigenvalue weighted by Gasteiger charge is -2.25. The van der Waals surface area contributed by atoms with Crippen molar-refractivity contribution in [1.82, 2.24) is 0 Å². The monoisotopic (exact) mass is 262 g/mol. The second-order valence-electron chi connectivity index (χ2n) is 6.50. The van der Waals surface area contributed by atoms with E-state index in [-0.39, 0.29) is 0 Å². The highest BCUT2D eigenvalue weighted by Crippen LogP contribution is 2.36. The molecule has 2 rings (SSSR count). The minimum atomic E-state index is 0.368. The number of benzene rings is 1. The molecule has 19 heavy (non-hydrogen) atoms. The van der Waals surface area contributed by atoms with E-state index < -0.39 is 0 Å². The second kappa shape index (κ2) is 5.72. The Hall–Kier alpha value is -1.38. The molecule has 1 atom stereocenters. The molecule has 106 valence electrons. The van der Waals surface area contributed by atoms with Crippen molar-refractivity contribution in [3.8, 4) is 5.75 Å². The molecule has 1 aromatic rings. The summed E-state index contributed by atoms with van der Waals surface area (Å²) in [5.41, 5.74) is 2.64. The lowest BCUT2D eigenvalue weighted by atomic mass is 9.84. The molecule has 0 spiro atoms. The lowest BCUT2D eigenvalue weighted by molar-refractivity contribution is 0.310. The van der Waals surface area contributed by atoms with Crippen LogP contribution in [0.3, 0.4) is 0 Å². The van der Waals surface area contributed by atoms with E-state index in [1.54, 1.807) is 0 Å². The van der Waals surface area contributed by atoms with E-state index >= 15 is 0 Å². The van der Waals surface area contributed by atoms with E-state index in [0.717, 1.165) is 30.2 Å². The Morgan fingerprint density at radius 1 is 1.21 bits per heavy atom. The lowest BCUT2D eigenvalue weighted by Crippen LogP contribution is -2.24. The summed E-state index contributed by atoms with van der Waals surface area (Å²) in [4.78, 5) is 0. The van der Waals surface area contributed by atoms with Crippen molar-refractivity contribution >= 4 is 11.4 Å². The first-order valence-corrected chi connectivity index (χ1v) is 7.23. The zero-order valence-electron chi connectivity index (χ0n) is 12.5. The summed E-state index contributed by atoms with van der Waals surface area (Å²) in [6, 6.07) is 6.19. The number of para-hydroxylation sites is 1. The molecule has 0 saturated heterocycles. The molecule has 0 aliphatic carbocycles. The van der Waals surface area contributed by atoms with Crippen molar-refractivity contribution < 1.29 is 4.74 Å². The van der Waals surface area contributed by atoms with Crippen LogP contribution in [0.1, 0.15) is 34.1 Å². The highest BCUT2D eigenvalue weighted by Gasteiger charge is 2.22. The second-order valence-corrected chi connectivity index (χ2v) is 6.50. The van der Waals surface area contributed by atoms with Crippen LogP contribution in [0.4, 0.5) is 11.4 Å². The third-order valence-electron chi connectivity index (χ3n) is 3.38. The molecule has 1 aliphatic rings. The van der Waals surface area contributed by atoms with Gasteiger partial charge in [0, 0.05) is 13.1 Å². The Morgan fingerprint density at radius 2 is 1.95 bits per heavy atom. The maximum Gasteiger partial charge on any atom is 0.144 e. The normalized spacial score (nSPS) is 18.8. The Morgan fingerprint density at radius 3 is 2.63 bits per heavy atom. The Balaban J connectivity index is 2.11. The first-order chi connectivity index (χ1) is 8.99. The Bertz CT molecular complexity index is 423. The number of fused-ring (bicyclic) bond motifs is 1. The van der Waals surface area contributed by atoms with Crippen LogP contribution in [-0.4, -0.2) is 19.7 Å². The summed E-state index contributed by atoms with van der Waals surface area (Å²) in [7, 11) is 0. The zero-order valence-corrected chi connectivity index (χ0v) is 12.5. The van der Waals surface area contributed by atoms with Crippen LogP contribution < -0.4 is 15.4 Å². The van der Waals surface area contributed by atoms with Gasteiger partial charge >= 0.3 is 0 Å². The van der Waals surface area contributed by atoms with Crippen LogP contribution in [0.5, 0.6) is 5.75 Å². The molecular formula is C16H26N2O. The molecule has 1 unspecified atom stereocenters. The van der Waals surface area contributed by atoms with E-state index in [1.165, 1.54) is 6.42 Å². The predicted molar refractivity (Wildman–Crippen MR) is 82.2 cm³/mol. The third kappa shape index (κ3) is 3.79. The first-order valence-electron chi connectivity index (χ1n) is 7.23. The predicted octanol–water partition coefficient (Wildman–Crippen LogP) is 3.98. The Kier molecular flexibility index (Phi) is 4.23. The van der Waals surface area contributed by atoms with Gasteiger partial charge in [0.1, 0.15) is 11.4 Å². The van der Waals surface area contributed by atoms with Crippen molar-refractivity contribution in [1.29, 1.82) is 0 Å². The SMILES string of the molecule is CCOc1cccc2c1NCC(CC(C)(C)C)CN2. The van der Waals surface area contributed by atoms with E-state index in [2.05, 4.69) is 37.5 Å². The van der Waals surface area contributed by atoms with Crippen LogP contribution in [0.2, 0.25) is 0 Å². The average molecular weight is 262 g/mol.